The molecule has 1 aromatic heterocycles. The van der Waals surface area contributed by atoms with Crippen LogP contribution in [0.1, 0.15) is 16.8 Å². The first kappa shape index (κ1) is 15.4. The van der Waals surface area contributed by atoms with Gasteiger partial charge < -0.3 is 9.80 Å². The van der Waals surface area contributed by atoms with E-state index in [2.05, 4.69) is 10.2 Å². The van der Waals surface area contributed by atoms with Crippen LogP contribution in [0, 0.1) is 0 Å². The second-order valence-corrected chi connectivity index (χ2v) is 6.19. The van der Waals surface area contributed by atoms with E-state index in [9.17, 15) is 9.59 Å². The van der Waals surface area contributed by atoms with E-state index in [1.165, 1.54) is 0 Å². The van der Waals surface area contributed by atoms with Crippen LogP contribution in [0.5, 0.6) is 0 Å². The van der Waals surface area contributed by atoms with Crippen molar-refractivity contribution in [1.82, 2.24) is 15.1 Å². The van der Waals surface area contributed by atoms with Gasteiger partial charge >= 0.3 is 0 Å². The number of anilines is 1. The van der Waals surface area contributed by atoms with Crippen molar-refractivity contribution in [2.45, 2.75) is 12.5 Å². The lowest BCUT2D eigenvalue weighted by molar-refractivity contribution is -0.120. The lowest BCUT2D eigenvalue weighted by Gasteiger charge is -2.24. The molecule has 1 unspecified atom stereocenters. The number of hydrogen-bond donors (Lipinski definition) is 1. The predicted molar refractivity (Wildman–Crippen MR) is 95.4 cm³/mol. The summed E-state index contributed by atoms with van der Waals surface area (Å²) in [5, 5.41) is 7.74. The van der Waals surface area contributed by atoms with Gasteiger partial charge in [-0.1, -0.05) is 30.3 Å². The zero-order valence-electron chi connectivity index (χ0n) is 13.8. The molecule has 1 saturated heterocycles. The summed E-state index contributed by atoms with van der Waals surface area (Å²) in [6.07, 6.45) is 2.30. The molecule has 0 spiro atoms. The van der Waals surface area contributed by atoms with Gasteiger partial charge in [-0.05, 0) is 24.6 Å². The van der Waals surface area contributed by atoms with Crippen LogP contribution in [0.3, 0.4) is 0 Å². The van der Waals surface area contributed by atoms with Crippen molar-refractivity contribution in [2.75, 3.05) is 18.5 Å². The number of fused-ring (bicyclic) bond motifs is 1. The Bertz CT molecular complexity index is 935. The monoisotopic (exact) mass is 334 g/mol. The van der Waals surface area contributed by atoms with Gasteiger partial charge in [-0.25, -0.2) is 0 Å². The van der Waals surface area contributed by atoms with Crippen LogP contribution in [0.4, 0.5) is 5.69 Å². The van der Waals surface area contributed by atoms with Crippen LogP contribution in [0.25, 0.3) is 10.9 Å². The Morgan fingerprint density at radius 3 is 2.80 bits per heavy atom. The Labute approximate surface area is 145 Å². The van der Waals surface area contributed by atoms with Crippen molar-refractivity contribution in [3.63, 3.8) is 0 Å². The van der Waals surface area contributed by atoms with Crippen LogP contribution >= 0.6 is 0 Å². The first-order chi connectivity index (χ1) is 12.2. The number of carbonyl (C=O) groups excluding carboxylic acids is 2. The van der Waals surface area contributed by atoms with E-state index in [0.29, 0.717) is 24.0 Å². The molecule has 126 valence electrons. The van der Waals surface area contributed by atoms with E-state index >= 15 is 0 Å². The number of aromatic amines is 1. The molecule has 2 amide bonds. The number of benzene rings is 2. The van der Waals surface area contributed by atoms with E-state index in [0.717, 1.165) is 11.1 Å². The van der Waals surface area contributed by atoms with Crippen LogP contribution in [0.2, 0.25) is 0 Å². The smallest absolute Gasteiger partial charge is 0.256 e. The molecule has 0 bridgehead atoms. The summed E-state index contributed by atoms with van der Waals surface area (Å²) in [5.41, 5.74) is 2.10. The molecular formula is C19H18N4O2. The number of hydrogen-bond acceptors (Lipinski definition) is 3. The summed E-state index contributed by atoms with van der Waals surface area (Å²) in [6.45, 7) is 0.611. The molecule has 2 aromatic carbocycles. The molecule has 0 radical (unpaired) electrons. The molecule has 4 rings (SSSR count). The first-order valence-electron chi connectivity index (χ1n) is 8.22. The van der Waals surface area contributed by atoms with Crippen molar-refractivity contribution < 1.29 is 9.59 Å². The Morgan fingerprint density at radius 2 is 2.00 bits per heavy atom. The van der Waals surface area contributed by atoms with Gasteiger partial charge in [0.15, 0.2) is 0 Å². The zero-order valence-corrected chi connectivity index (χ0v) is 13.8. The van der Waals surface area contributed by atoms with Gasteiger partial charge in [-0.3, -0.25) is 14.7 Å². The van der Waals surface area contributed by atoms with Crippen molar-refractivity contribution in [3.05, 3.63) is 60.3 Å². The Hall–Kier alpha value is -3.15. The van der Waals surface area contributed by atoms with Crippen molar-refractivity contribution in [1.29, 1.82) is 0 Å². The van der Waals surface area contributed by atoms with Gasteiger partial charge in [0.1, 0.15) is 6.04 Å². The second kappa shape index (κ2) is 6.05. The molecule has 1 atom stereocenters. The van der Waals surface area contributed by atoms with E-state index in [-0.39, 0.29) is 11.8 Å². The van der Waals surface area contributed by atoms with Gasteiger partial charge in [0.25, 0.3) is 5.91 Å². The number of rotatable bonds is 3. The number of nitrogens with zero attached hydrogens (tertiary/aromatic N) is 3. The minimum atomic E-state index is -0.453. The number of para-hydroxylation sites is 2. The molecule has 0 aliphatic carbocycles. The summed E-state index contributed by atoms with van der Waals surface area (Å²) < 4.78 is 0. The van der Waals surface area contributed by atoms with E-state index < -0.39 is 6.04 Å². The highest BCUT2D eigenvalue weighted by Gasteiger charge is 2.37. The number of carbonyl (C=O) groups is 2. The Morgan fingerprint density at radius 1 is 1.20 bits per heavy atom. The summed E-state index contributed by atoms with van der Waals surface area (Å²) in [5.74, 6) is -0.220. The number of H-pyrrole nitrogens is 1. The highest BCUT2D eigenvalue weighted by molar-refractivity contribution is 6.08. The maximum absolute atomic E-state index is 12.9. The number of nitrogens with one attached hydrogen (secondary N) is 1. The van der Waals surface area contributed by atoms with Crippen LogP contribution in [-0.2, 0) is 4.79 Å². The molecule has 2 heterocycles. The lowest BCUT2D eigenvalue weighted by Crippen LogP contribution is -2.43. The third kappa shape index (κ3) is 2.55. The summed E-state index contributed by atoms with van der Waals surface area (Å²) in [6, 6.07) is 14.6. The van der Waals surface area contributed by atoms with Gasteiger partial charge in [0, 0.05) is 24.7 Å². The quantitative estimate of drug-likeness (QED) is 0.800. The predicted octanol–water partition coefficient (Wildman–Crippen LogP) is 2.44. The molecule has 6 nitrogen and oxygen atoms in total. The van der Waals surface area contributed by atoms with Crippen molar-refractivity contribution in [2.24, 2.45) is 0 Å². The highest BCUT2D eigenvalue weighted by atomic mass is 16.2. The number of amides is 2. The summed E-state index contributed by atoms with van der Waals surface area (Å²) >= 11 is 0. The molecule has 25 heavy (non-hydrogen) atoms. The third-order valence-corrected chi connectivity index (χ3v) is 4.74. The average molecular weight is 334 g/mol. The van der Waals surface area contributed by atoms with Gasteiger partial charge in [0.2, 0.25) is 5.91 Å². The average Bonchev–Trinajstić information content (AvgIpc) is 3.27. The molecule has 1 aliphatic rings. The largest absolute Gasteiger partial charge is 0.330 e. The third-order valence-electron chi connectivity index (χ3n) is 4.74. The van der Waals surface area contributed by atoms with E-state index in [1.54, 1.807) is 29.1 Å². The maximum Gasteiger partial charge on any atom is 0.256 e. The molecule has 1 N–H and O–H groups in total. The van der Waals surface area contributed by atoms with E-state index in [1.807, 2.05) is 42.5 Å². The molecule has 6 heteroatoms. The molecular weight excluding hydrogens is 316 g/mol. The minimum Gasteiger partial charge on any atom is -0.330 e. The topological polar surface area (TPSA) is 69.3 Å². The van der Waals surface area contributed by atoms with Crippen LogP contribution in [0.15, 0.2) is 54.7 Å². The fourth-order valence-corrected chi connectivity index (χ4v) is 3.37. The van der Waals surface area contributed by atoms with Crippen molar-refractivity contribution >= 4 is 28.4 Å². The van der Waals surface area contributed by atoms with Gasteiger partial charge in [-0.15, -0.1) is 0 Å². The molecule has 1 aliphatic heterocycles. The highest BCUT2D eigenvalue weighted by Crippen LogP contribution is 2.25. The number of likely N-dealkylation sites (N-methyl/N-ethyl adjacent to an activating group) is 1. The number of aromatic nitrogens is 2. The zero-order chi connectivity index (χ0) is 17.4. The van der Waals surface area contributed by atoms with E-state index in [4.69, 9.17) is 0 Å². The van der Waals surface area contributed by atoms with Crippen LogP contribution in [-0.4, -0.2) is 46.5 Å². The van der Waals surface area contributed by atoms with Gasteiger partial charge in [-0.2, -0.15) is 5.10 Å². The van der Waals surface area contributed by atoms with Gasteiger partial charge in [0.05, 0.1) is 17.3 Å². The minimum absolute atomic E-state index is 0.0427. The van der Waals surface area contributed by atoms with Crippen molar-refractivity contribution in [3.8, 4) is 0 Å². The first-order valence-corrected chi connectivity index (χ1v) is 8.22. The maximum atomic E-state index is 12.9. The summed E-state index contributed by atoms with van der Waals surface area (Å²) in [7, 11) is 1.69. The lowest BCUT2D eigenvalue weighted by atomic mass is 10.1. The SMILES string of the molecule is CN(C(=O)c1cccc2cn[nH]c12)C1CCN(c2ccccc2)C1=O. The molecule has 0 saturated carbocycles. The molecule has 1 fully saturated rings. The Kier molecular flexibility index (Phi) is 3.72. The van der Waals surface area contributed by atoms with Crippen LogP contribution < -0.4 is 4.90 Å². The summed E-state index contributed by atoms with van der Waals surface area (Å²) in [4.78, 5) is 29.0. The second-order valence-electron chi connectivity index (χ2n) is 6.19. The normalized spacial score (nSPS) is 17.2. The Balaban J connectivity index is 1.59. The fraction of sp³-hybridized carbons (Fsp3) is 0.211. The fourth-order valence-electron chi connectivity index (χ4n) is 3.37. The molecule has 3 aromatic rings. The standard InChI is InChI=1S/C19H18N4O2/c1-22(18(24)15-9-5-6-13-12-20-21-17(13)15)16-10-11-23(19(16)25)14-7-3-2-4-8-14/h2-9,12,16H,10-11H2,1H3,(H,20,21).